The molecule has 4 heteroatoms. The lowest BCUT2D eigenvalue weighted by molar-refractivity contribution is -0.120. The topological polar surface area (TPSA) is 61.4 Å². The van der Waals surface area contributed by atoms with E-state index in [0.717, 1.165) is 25.8 Å². The van der Waals surface area contributed by atoms with E-state index in [-0.39, 0.29) is 12.5 Å². The lowest BCUT2D eigenvalue weighted by Gasteiger charge is -2.18. The number of carbonyl (C=O) groups excluding carboxylic acids is 1. The molecule has 0 aliphatic heterocycles. The first kappa shape index (κ1) is 12.5. The maximum absolute atomic E-state index is 10.9. The molecule has 1 aliphatic carbocycles. The van der Waals surface area contributed by atoms with Gasteiger partial charge in [0.25, 0.3) is 0 Å². The summed E-state index contributed by atoms with van der Waals surface area (Å²) in [6, 6.07) is 0.458. The summed E-state index contributed by atoms with van der Waals surface area (Å²) < 4.78 is 0. The van der Waals surface area contributed by atoms with Gasteiger partial charge in [-0.05, 0) is 31.7 Å². The highest BCUT2D eigenvalue weighted by Crippen LogP contribution is 2.24. The zero-order valence-corrected chi connectivity index (χ0v) is 9.46. The van der Waals surface area contributed by atoms with E-state index >= 15 is 0 Å². The number of aliphatic hydroxyl groups is 1. The quantitative estimate of drug-likeness (QED) is 0.556. The lowest BCUT2D eigenvalue weighted by atomic mass is 10.1. The summed E-state index contributed by atoms with van der Waals surface area (Å²) in [7, 11) is 1.66. The van der Waals surface area contributed by atoms with Crippen molar-refractivity contribution in [3.63, 3.8) is 0 Å². The van der Waals surface area contributed by atoms with Crippen molar-refractivity contribution < 1.29 is 9.90 Å². The zero-order valence-electron chi connectivity index (χ0n) is 9.46. The fourth-order valence-electron chi connectivity index (χ4n) is 2.19. The molecule has 0 aromatic heterocycles. The van der Waals surface area contributed by atoms with Gasteiger partial charge in [-0.2, -0.15) is 0 Å². The summed E-state index contributed by atoms with van der Waals surface area (Å²) in [5, 5.41) is 15.1. The molecule has 0 radical (unpaired) electrons. The lowest BCUT2D eigenvalue weighted by Crippen LogP contribution is -2.35. The van der Waals surface area contributed by atoms with Crippen LogP contribution in [-0.2, 0) is 4.79 Å². The molecule has 0 aromatic carbocycles. The van der Waals surface area contributed by atoms with Gasteiger partial charge < -0.3 is 15.7 Å². The highest BCUT2D eigenvalue weighted by molar-refractivity contribution is 5.75. The van der Waals surface area contributed by atoms with Crippen LogP contribution < -0.4 is 10.6 Å². The van der Waals surface area contributed by atoms with Crippen LogP contribution in [0, 0.1) is 5.92 Å². The number of aliphatic hydroxyl groups excluding tert-OH is 1. The van der Waals surface area contributed by atoms with Crippen LogP contribution in [-0.4, -0.2) is 37.3 Å². The molecule has 0 saturated heterocycles. The molecular weight excluding hydrogens is 192 g/mol. The Kier molecular flexibility index (Phi) is 5.65. The Morgan fingerprint density at radius 3 is 2.93 bits per heavy atom. The Morgan fingerprint density at radius 1 is 1.47 bits per heavy atom. The fourth-order valence-corrected chi connectivity index (χ4v) is 2.19. The first-order valence-electron chi connectivity index (χ1n) is 5.82. The molecule has 15 heavy (non-hydrogen) atoms. The molecule has 88 valence electrons. The maximum atomic E-state index is 10.9. The van der Waals surface area contributed by atoms with Crippen LogP contribution in [0.4, 0.5) is 0 Å². The summed E-state index contributed by atoms with van der Waals surface area (Å²) in [5.41, 5.74) is 0. The van der Waals surface area contributed by atoms with Gasteiger partial charge in [0.2, 0.25) is 5.91 Å². The third kappa shape index (κ3) is 4.18. The minimum absolute atomic E-state index is 0.0990. The summed E-state index contributed by atoms with van der Waals surface area (Å²) in [6.07, 6.45) is 4.95. The molecule has 1 rings (SSSR count). The second kappa shape index (κ2) is 6.80. The molecule has 1 aliphatic rings. The molecule has 1 saturated carbocycles. The van der Waals surface area contributed by atoms with Crippen molar-refractivity contribution in [1.82, 2.24) is 10.6 Å². The molecule has 2 unspecified atom stereocenters. The van der Waals surface area contributed by atoms with E-state index in [1.54, 1.807) is 7.05 Å². The zero-order chi connectivity index (χ0) is 11.1. The van der Waals surface area contributed by atoms with Crippen LogP contribution in [0.5, 0.6) is 0 Å². The Bertz CT molecular complexity index is 197. The number of hydrogen-bond acceptors (Lipinski definition) is 3. The van der Waals surface area contributed by atoms with E-state index in [1.807, 2.05) is 0 Å². The number of rotatable bonds is 6. The monoisotopic (exact) mass is 214 g/mol. The van der Waals surface area contributed by atoms with Gasteiger partial charge >= 0.3 is 0 Å². The van der Waals surface area contributed by atoms with Crippen LogP contribution in [0.3, 0.4) is 0 Å². The summed E-state index contributed by atoms with van der Waals surface area (Å²) in [5.74, 6) is 0.520. The highest BCUT2D eigenvalue weighted by atomic mass is 16.3. The molecule has 1 fully saturated rings. The van der Waals surface area contributed by atoms with Gasteiger partial charge in [-0.3, -0.25) is 4.79 Å². The van der Waals surface area contributed by atoms with Crippen molar-refractivity contribution in [2.45, 2.75) is 38.1 Å². The van der Waals surface area contributed by atoms with Crippen LogP contribution in [0.1, 0.15) is 32.1 Å². The number of carbonyl (C=O) groups is 1. The summed E-state index contributed by atoms with van der Waals surface area (Å²) >= 11 is 0. The molecule has 0 bridgehead atoms. The Balaban J connectivity index is 2.06. The summed E-state index contributed by atoms with van der Waals surface area (Å²) in [4.78, 5) is 10.9. The van der Waals surface area contributed by atoms with Gasteiger partial charge in [0.15, 0.2) is 0 Å². The molecule has 3 N–H and O–H groups in total. The number of amides is 1. The summed E-state index contributed by atoms with van der Waals surface area (Å²) in [6.45, 7) is 1.15. The Labute approximate surface area is 91.4 Å². The van der Waals surface area contributed by atoms with Gasteiger partial charge in [0, 0.05) is 26.1 Å². The largest absolute Gasteiger partial charge is 0.396 e. The average Bonchev–Trinajstić information content (AvgIpc) is 2.71. The third-order valence-corrected chi connectivity index (χ3v) is 3.16. The second-order valence-electron chi connectivity index (χ2n) is 4.21. The van der Waals surface area contributed by atoms with Crippen molar-refractivity contribution in [3.05, 3.63) is 0 Å². The van der Waals surface area contributed by atoms with Crippen LogP contribution in [0.2, 0.25) is 0 Å². The minimum atomic E-state index is 0.0990. The SMILES string of the molecule is CNC(=O)CCCNC1CCCC1CO. The Hall–Kier alpha value is -0.610. The van der Waals surface area contributed by atoms with Crippen molar-refractivity contribution in [2.24, 2.45) is 5.92 Å². The fraction of sp³-hybridized carbons (Fsp3) is 0.909. The normalized spacial score (nSPS) is 25.5. The van der Waals surface area contributed by atoms with Gasteiger partial charge in [0.1, 0.15) is 0 Å². The Morgan fingerprint density at radius 2 is 2.27 bits per heavy atom. The number of nitrogens with one attached hydrogen (secondary N) is 2. The van der Waals surface area contributed by atoms with Gasteiger partial charge in [-0.25, -0.2) is 0 Å². The van der Waals surface area contributed by atoms with E-state index in [1.165, 1.54) is 6.42 Å². The standard InChI is InChI=1S/C11H22N2O2/c1-12-11(15)6-3-7-13-10-5-2-4-9(10)8-14/h9-10,13-14H,2-8H2,1H3,(H,12,15). The van der Waals surface area contributed by atoms with Crippen LogP contribution in [0.15, 0.2) is 0 Å². The van der Waals surface area contributed by atoms with Crippen molar-refractivity contribution in [2.75, 3.05) is 20.2 Å². The van der Waals surface area contributed by atoms with Gasteiger partial charge in [0.05, 0.1) is 0 Å². The predicted molar refractivity (Wildman–Crippen MR) is 59.5 cm³/mol. The van der Waals surface area contributed by atoms with E-state index < -0.39 is 0 Å². The molecular formula is C11H22N2O2. The highest BCUT2D eigenvalue weighted by Gasteiger charge is 2.25. The molecule has 0 heterocycles. The van der Waals surface area contributed by atoms with E-state index in [0.29, 0.717) is 18.4 Å². The minimum Gasteiger partial charge on any atom is -0.396 e. The van der Waals surface area contributed by atoms with Crippen LogP contribution in [0.25, 0.3) is 0 Å². The van der Waals surface area contributed by atoms with E-state index in [2.05, 4.69) is 10.6 Å². The van der Waals surface area contributed by atoms with E-state index in [4.69, 9.17) is 5.11 Å². The van der Waals surface area contributed by atoms with Crippen molar-refractivity contribution >= 4 is 5.91 Å². The first-order chi connectivity index (χ1) is 7.27. The molecule has 0 spiro atoms. The molecule has 0 aromatic rings. The van der Waals surface area contributed by atoms with Gasteiger partial charge in [-0.1, -0.05) is 6.42 Å². The van der Waals surface area contributed by atoms with Crippen molar-refractivity contribution in [1.29, 1.82) is 0 Å². The number of hydrogen-bond donors (Lipinski definition) is 3. The predicted octanol–water partition coefficient (Wildman–Crippen LogP) is 0.263. The molecule has 1 amide bonds. The second-order valence-corrected chi connectivity index (χ2v) is 4.21. The first-order valence-corrected chi connectivity index (χ1v) is 5.82. The molecule has 4 nitrogen and oxygen atoms in total. The average molecular weight is 214 g/mol. The van der Waals surface area contributed by atoms with Crippen LogP contribution >= 0.6 is 0 Å². The van der Waals surface area contributed by atoms with Crippen molar-refractivity contribution in [3.8, 4) is 0 Å². The van der Waals surface area contributed by atoms with E-state index in [9.17, 15) is 4.79 Å². The maximum Gasteiger partial charge on any atom is 0.219 e. The molecule has 2 atom stereocenters. The smallest absolute Gasteiger partial charge is 0.219 e. The third-order valence-electron chi connectivity index (χ3n) is 3.16. The van der Waals surface area contributed by atoms with Gasteiger partial charge in [-0.15, -0.1) is 0 Å².